The van der Waals surface area contributed by atoms with Gasteiger partial charge in [-0.25, -0.2) is 9.97 Å². The number of hydrogen-bond donors (Lipinski definition) is 1. The number of hydrogen-bond acceptors (Lipinski definition) is 4. The van der Waals surface area contributed by atoms with E-state index in [0.29, 0.717) is 11.7 Å². The molecule has 3 rings (SSSR count). The summed E-state index contributed by atoms with van der Waals surface area (Å²) in [5.74, 6) is 3.93. The first kappa shape index (κ1) is 10.8. The van der Waals surface area contributed by atoms with Crippen LogP contribution in [0, 0.1) is 5.92 Å². The van der Waals surface area contributed by atoms with Gasteiger partial charge in [0.2, 0.25) is 0 Å². The average molecular weight is 232 g/mol. The molecule has 1 aromatic rings. The van der Waals surface area contributed by atoms with Crippen molar-refractivity contribution in [1.29, 1.82) is 0 Å². The number of nitrogens with two attached hydrogens (primary N) is 1. The molecule has 0 spiro atoms. The zero-order valence-corrected chi connectivity index (χ0v) is 10.4. The van der Waals surface area contributed by atoms with Crippen molar-refractivity contribution >= 4 is 11.6 Å². The molecule has 2 aliphatic rings. The van der Waals surface area contributed by atoms with Crippen LogP contribution in [0.15, 0.2) is 6.07 Å². The molecular formula is C13H20N4. The Balaban J connectivity index is 1.85. The molecule has 0 aromatic carbocycles. The van der Waals surface area contributed by atoms with Gasteiger partial charge in [-0.2, -0.15) is 0 Å². The van der Waals surface area contributed by atoms with Crippen molar-refractivity contribution in [2.75, 3.05) is 23.7 Å². The van der Waals surface area contributed by atoms with Crippen LogP contribution in [0.2, 0.25) is 0 Å². The van der Waals surface area contributed by atoms with Gasteiger partial charge in [-0.3, -0.25) is 0 Å². The van der Waals surface area contributed by atoms with E-state index in [1.807, 2.05) is 6.07 Å². The Morgan fingerprint density at radius 2 is 2.12 bits per heavy atom. The Hall–Kier alpha value is -1.32. The molecule has 2 fully saturated rings. The molecule has 0 bridgehead atoms. The third-order valence-electron chi connectivity index (χ3n) is 3.67. The van der Waals surface area contributed by atoms with Gasteiger partial charge >= 0.3 is 0 Å². The Morgan fingerprint density at radius 3 is 2.82 bits per heavy atom. The number of rotatable bonds is 2. The number of aromatic nitrogens is 2. The molecule has 1 saturated heterocycles. The summed E-state index contributed by atoms with van der Waals surface area (Å²) in [6.07, 6.45) is 5.02. The molecule has 2 N–H and O–H groups in total. The van der Waals surface area contributed by atoms with E-state index in [9.17, 15) is 0 Å². The summed E-state index contributed by atoms with van der Waals surface area (Å²) in [5, 5.41) is 0. The van der Waals surface area contributed by atoms with Crippen LogP contribution in [-0.4, -0.2) is 23.1 Å². The van der Waals surface area contributed by atoms with E-state index in [1.165, 1.54) is 25.7 Å². The summed E-state index contributed by atoms with van der Waals surface area (Å²) in [7, 11) is 0. The minimum absolute atomic E-state index is 0.569. The van der Waals surface area contributed by atoms with Crippen LogP contribution in [0.4, 0.5) is 11.6 Å². The fraction of sp³-hybridized carbons (Fsp3) is 0.692. The molecule has 92 valence electrons. The lowest BCUT2D eigenvalue weighted by molar-refractivity contribution is 0.444. The maximum atomic E-state index is 5.89. The van der Waals surface area contributed by atoms with Gasteiger partial charge in [-0.15, -0.1) is 0 Å². The molecule has 1 aliphatic carbocycles. The van der Waals surface area contributed by atoms with E-state index in [2.05, 4.69) is 21.8 Å². The first-order chi connectivity index (χ1) is 8.22. The van der Waals surface area contributed by atoms with Crippen molar-refractivity contribution in [2.45, 2.75) is 38.5 Å². The van der Waals surface area contributed by atoms with Crippen molar-refractivity contribution in [2.24, 2.45) is 5.92 Å². The van der Waals surface area contributed by atoms with Crippen molar-refractivity contribution in [3.05, 3.63) is 11.9 Å². The molecule has 1 aromatic heterocycles. The van der Waals surface area contributed by atoms with Gasteiger partial charge in [0.1, 0.15) is 17.5 Å². The summed E-state index contributed by atoms with van der Waals surface area (Å²) in [6, 6.07) is 1.92. The van der Waals surface area contributed by atoms with Crippen LogP contribution in [0.3, 0.4) is 0 Å². The second-order valence-corrected chi connectivity index (χ2v) is 5.48. The van der Waals surface area contributed by atoms with Crippen LogP contribution in [0.1, 0.15) is 44.3 Å². The highest BCUT2D eigenvalue weighted by atomic mass is 15.2. The monoisotopic (exact) mass is 232 g/mol. The van der Waals surface area contributed by atoms with Crippen LogP contribution < -0.4 is 10.6 Å². The lowest BCUT2D eigenvalue weighted by Gasteiger charge is -2.32. The van der Waals surface area contributed by atoms with Gasteiger partial charge in [0, 0.05) is 25.1 Å². The summed E-state index contributed by atoms with van der Waals surface area (Å²) in [6.45, 7) is 4.50. The Kier molecular flexibility index (Phi) is 2.65. The van der Waals surface area contributed by atoms with E-state index in [1.54, 1.807) is 0 Å². The summed E-state index contributed by atoms with van der Waals surface area (Å²) in [4.78, 5) is 11.4. The Morgan fingerprint density at radius 1 is 1.29 bits per heavy atom. The summed E-state index contributed by atoms with van der Waals surface area (Å²) in [5.41, 5.74) is 5.89. The summed E-state index contributed by atoms with van der Waals surface area (Å²) >= 11 is 0. The maximum absolute atomic E-state index is 5.89. The SMILES string of the molecule is C[C@H]1CCCN(c2cc(N)nc(C3CC3)n2)C1. The van der Waals surface area contributed by atoms with E-state index in [0.717, 1.165) is 30.6 Å². The molecule has 1 aliphatic heterocycles. The van der Waals surface area contributed by atoms with Gasteiger partial charge in [-0.1, -0.05) is 6.92 Å². The maximum Gasteiger partial charge on any atom is 0.136 e. The number of nitrogen functional groups attached to an aromatic ring is 1. The standard InChI is InChI=1S/C13H20N4/c1-9-3-2-6-17(8-9)12-7-11(14)15-13(16-12)10-4-5-10/h7,9-10H,2-6,8H2,1H3,(H2,14,15,16)/t9-/m0/s1. The van der Waals surface area contributed by atoms with Gasteiger partial charge in [0.15, 0.2) is 0 Å². The van der Waals surface area contributed by atoms with Crippen molar-refractivity contribution in [3.8, 4) is 0 Å². The van der Waals surface area contributed by atoms with Gasteiger partial charge in [0.05, 0.1) is 0 Å². The lowest BCUT2D eigenvalue weighted by atomic mass is 10.0. The summed E-state index contributed by atoms with van der Waals surface area (Å²) < 4.78 is 0. The first-order valence-electron chi connectivity index (χ1n) is 6.62. The topological polar surface area (TPSA) is 55.0 Å². The van der Waals surface area contributed by atoms with E-state index >= 15 is 0 Å². The highest BCUT2D eigenvalue weighted by Gasteiger charge is 2.28. The Labute approximate surface area is 102 Å². The predicted octanol–water partition coefficient (Wildman–Crippen LogP) is 2.17. The molecule has 2 heterocycles. The molecule has 4 heteroatoms. The van der Waals surface area contributed by atoms with Crippen LogP contribution in [0.25, 0.3) is 0 Å². The number of piperidine rings is 1. The van der Waals surface area contributed by atoms with Crippen molar-refractivity contribution in [3.63, 3.8) is 0 Å². The Bertz CT molecular complexity index is 414. The largest absolute Gasteiger partial charge is 0.384 e. The van der Waals surface area contributed by atoms with Gasteiger partial charge in [-0.05, 0) is 31.6 Å². The third kappa shape index (κ3) is 2.35. The van der Waals surface area contributed by atoms with E-state index in [4.69, 9.17) is 5.73 Å². The minimum Gasteiger partial charge on any atom is -0.384 e. The molecule has 1 saturated carbocycles. The fourth-order valence-corrected chi connectivity index (χ4v) is 2.56. The highest BCUT2D eigenvalue weighted by molar-refractivity contribution is 5.48. The smallest absolute Gasteiger partial charge is 0.136 e. The van der Waals surface area contributed by atoms with Gasteiger partial charge < -0.3 is 10.6 Å². The quantitative estimate of drug-likeness (QED) is 0.849. The lowest BCUT2D eigenvalue weighted by Crippen LogP contribution is -2.35. The van der Waals surface area contributed by atoms with Crippen molar-refractivity contribution in [1.82, 2.24) is 9.97 Å². The highest BCUT2D eigenvalue weighted by Crippen LogP contribution is 2.39. The fourth-order valence-electron chi connectivity index (χ4n) is 2.56. The molecular weight excluding hydrogens is 212 g/mol. The minimum atomic E-state index is 0.569. The molecule has 1 atom stereocenters. The number of nitrogens with zero attached hydrogens (tertiary/aromatic N) is 3. The molecule has 0 unspecified atom stereocenters. The number of anilines is 2. The second kappa shape index (κ2) is 4.17. The van der Waals surface area contributed by atoms with Crippen LogP contribution in [0.5, 0.6) is 0 Å². The van der Waals surface area contributed by atoms with E-state index in [-0.39, 0.29) is 0 Å². The normalized spacial score (nSPS) is 25.0. The zero-order chi connectivity index (χ0) is 11.8. The molecule has 0 amide bonds. The second-order valence-electron chi connectivity index (χ2n) is 5.48. The average Bonchev–Trinajstić information content (AvgIpc) is 3.12. The zero-order valence-electron chi connectivity index (χ0n) is 10.4. The predicted molar refractivity (Wildman–Crippen MR) is 69.0 cm³/mol. The molecule has 0 radical (unpaired) electrons. The molecule has 4 nitrogen and oxygen atoms in total. The van der Waals surface area contributed by atoms with Crippen molar-refractivity contribution < 1.29 is 0 Å². The van der Waals surface area contributed by atoms with E-state index < -0.39 is 0 Å². The van der Waals surface area contributed by atoms with Crippen LogP contribution >= 0.6 is 0 Å². The van der Waals surface area contributed by atoms with Gasteiger partial charge in [0.25, 0.3) is 0 Å². The third-order valence-corrected chi connectivity index (χ3v) is 3.67. The molecule has 17 heavy (non-hydrogen) atoms. The first-order valence-corrected chi connectivity index (χ1v) is 6.62. The van der Waals surface area contributed by atoms with Crippen LogP contribution in [-0.2, 0) is 0 Å².